The van der Waals surface area contributed by atoms with Gasteiger partial charge in [-0.05, 0) is 25.5 Å². The Hall–Kier alpha value is -1.73. The largest absolute Gasteiger partial charge is 0.355 e. The molecule has 5 nitrogen and oxygen atoms in total. The maximum absolute atomic E-state index is 13.1. The third kappa shape index (κ3) is 4.15. The van der Waals surface area contributed by atoms with E-state index in [1.165, 1.54) is 11.8 Å². The molecule has 138 valence electrons. The minimum absolute atomic E-state index is 0.0372. The molecule has 0 radical (unpaired) electrons. The summed E-state index contributed by atoms with van der Waals surface area (Å²) in [5.74, 6) is 0.213. The molecule has 0 fully saturated rings. The van der Waals surface area contributed by atoms with Crippen LogP contribution in [0.5, 0.6) is 0 Å². The van der Waals surface area contributed by atoms with Crippen LogP contribution in [0.25, 0.3) is 5.69 Å². The van der Waals surface area contributed by atoms with Crippen molar-refractivity contribution >= 4 is 29.4 Å². The first kappa shape index (κ1) is 19.0. The molecule has 2 heterocycles. The Balaban J connectivity index is 1.98. The molecule has 7 heteroatoms. The van der Waals surface area contributed by atoms with Crippen molar-refractivity contribution in [1.82, 2.24) is 14.9 Å². The fourth-order valence-corrected chi connectivity index (χ4v) is 4.72. The van der Waals surface area contributed by atoms with Gasteiger partial charge in [0.2, 0.25) is 5.91 Å². The first-order valence-corrected chi connectivity index (χ1v) is 10.6. The van der Waals surface area contributed by atoms with E-state index < -0.39 is 0 Å². The van der Waals surface area contributed by atoms with Gasteiger partial charge in [-0.1, -0.05) is 43.3 Å². The number of fused-ring (bicyclic) bond motifs is 1. The van der Waals surface area contributed by atoms with Crippen LogP contribution in [0.2, 0.25) is 0 Å². The molecule has 1 aromatic heterocycles. The van der Waals surface area contributed by atoms with Crippen molar-refractivity contribution in [3.05, 3.63) is 45.9 Å². The Morgan fingerprint density at radius 3 is 2.81 bits per heavy atom. The number of thioether (sulfide) groups is 2. The van der Waals surface area contributed by atoms with Gasteiger partial charge >= 0.3 is 0 Å². The number of aromatic nitrogens is 2. The van der Waals surface area contributed by atoms with Crippen LogP contribution in [0.3, 0.4) is 0 Å². The zero-order valence-electron chi connectivity index (χ0n) is 15.2. The van der Waals surface area contributed by atoms with Crippen LogP contribution >= 0.6 is 23.5 Å². The second-order valence-corrected chi connectivity index (χ2v) is 8.81. The maximum atomic E-state index is 13.1. The smallest absolute Gasteiger partial charge is 0.272 e. The van der Waals surface area contributed by atoms with Crippen LogP contribution in [0.1, 0.15) is 31.5 Å². The highest BCUT2D eigenvalue weighted by Gasteiger charge is 2.27. The Bertz CT molecular complexity index is 862. The molecule has 0 spiro atoms. The van der Waals surface area contributed by atoms with E-state index >= 15 is 0 Å². The molecule has 0 bridgehead atoms. The molecule has 0 saturated heterocycles. The Kier molecular flexibility index (Phi) is 6.09. The number of carbonyl (C=O) groups is 1. The average Bonchev–Trinajstić information content (AvgIpc) is 3.00. The summed E-state index contributed by atoms with van der Waals surface area (Å²) < 4.78 is 1.64. The minimum atomic E-state index is -0.0373. The number of rotatable bonds is 6. The van der Waals surface area contributed by atoms with Crippen molar-refractivity contribution in [2.75, 3.05) is 12.3 Å². The van der Waals surface area contributed by atoms with Gasteiger partial charge in [0.25, 0.3) is 5.56 Å². The number of benzene rings is 1. The molecular formula is C19H23N3O2S2. The SMILES string of the molecule is CCCNC(=O)CSc1nc2c(c(=O)n1-c1ccc(C)cc1)SC(C)C2. The van der Waals surface area contributed by atoms with E-state index in [0.717, 1.165) is 34.7 Å². The Morgan fingerprint density at radius 1 is 1.38 bits per heavy atom. The predicted molar refractivity (Wildman–Crippen MR) is 108 cm³/mol. The van der Waals surface area contributed by atoms with Crippen LogP contribution < -0.4 is 10.9 Å². The molecule has 0 saturated carbocycles. The number of nitrogens with one attached hydrogen (secondary N) is 1. The van der Waals surface area contributed by atoms with E-state index in [1.807, 2.05) is 38.1 Å². The Morgan fingerprint density at radius 2 is 2.12 bits per heavy atom. The van der Waals surface area contributed by atoms with Crippen molar-refractivity contribution in [2.24, 2.45) is 0 Å². The lowest BCUT2D eigenvalue weighted by Crippen LogP contribution is -2.27. The van der Waals surface area contributed by atoms with Crippen molar-refractivity contribution in [1.29, 1.82) is 0 Å². The quantitative estimate of drug-likeness (QED) is 0.607. The molecule has 3 rings (SSSR count). The molecule has 1 amide bonds. The summed E-state index contributed by atoms with van der Waals surface area (Å²) >= 11 is 2.91. The van der Waals surface area contributed by atoms with E-state index in [-0.39, 0.29) is 17.2 Å². The topological polar surface area (TPSA) is 64.0 Å². The van der Waals surface area contributed by atoms with E-state index in [0.29, 0.717) is 17.0 Å². The first-order chi connectivity index (χ1) is 12.5. The molecule has 0 aliphatic carbocycles. The monoisotopic (exact) mass is 389 g/mol. The standard InChI is InChI=1S/C19H23N3O2S2/c1-4-9-20-16(23)11-25-19-21-15-10-13(3)26-17(15)18(24)22(19)14-7-5-12(2)6-8-14/h5-8,13H,4,9-11H2,1-3H3,(H,20,23). The molecule has 2 aromatic rings. The second kappa shape index (κ2) is 8.31. The fourth-order valence-electron chi connectivity index (χ4n) is 2.76. The average molecular weight is 390 g/mol. The van der Waals surface area contributed by atoms with Crippen LogP contribution in [-0.4, -0.2) is 33.0 Å². The third-order valence-corrected chi connectivity index (χ3v) is 6.23. The van der Waals surface area contributed by atoms with E-state index in [4.69, 9.17) is 4.98 Å². The van der Waals surface area contributed by atoms with Crippen LogP contribution in [0, 0.1) is 6.92 Å². The van der Waals surface area contributed by atoms with Gasteiger partial charge in [0, 0.05) is 18.2 Å². The summed E-state index contributed by atoms with van der Waals surface area (Å²) in [6.45, 7) is 6.80. The summed E-state index contributed by atoms with van der Waals surface area (Å²) in [6, 6.07) is 7.81. The van der Waals surface area contributed by atoms with Gasteiger partial charge in [-0.3, -0.25) is 14.2 Å². The van der Waals surface area contributed by atoms with Gasteiger partial charge in [-0.15, -0.1) is 11.8 Å². The van der Waals surface area contributed by atoms with E-state index in [9.17, 15) is 9.59 Å². The van der Waals surface area contributed by atoms with Crippen LogP contribution in [-0.2, 0) is 11.2 Å². The highest BCUT2D eigenvalue weighted by atomic mass is 32.2. The number of carbonyl (C=O) groups excluding carboxylic acids is 1. The normalized spacial score (nSPS) is 15.7. The van der Waals surface area contributed by atoms with Crippen molar-refractivity contribution in [3.8, 4) is 5.69 Å². The summed E-state index contributed by atoms with van der Waals surface area (Å²) in [6.07, 6.45) is 1.69. The lowest BCUT2D eigenvalue weighted by atomic mass is 10.2. The van der Waals surface area contributed by atoms with E-state index in [2.05, 4.69) is 12.2 Å². The van der Waals surface area contributed by atoms with Crippen molar-refractivity contribution in [2.45, 2.75) is 48.9 Å². The molecule has 1 unspecified atom stereocenters. The van der Waals surface area contributed by atoms with Gasteiger partial charge in [-0.2, -0.15) is 0 Å². The number of hydrogen-bond acceptors (Lipinski definition) is 5. The number of aryl methyl sites for hydroxylation is 1. The molecule has 1 aromatic carbocycles. The maximum Gasteiger partial charge on any atom is 0.272 e. The highest BCUT2D eigenvalue weighted by molar-refractivity contribution is 8.00. The van der Waals surface area contributed by atoms with Gasteiger partial charge in [0.15, 0.2) is 5.16 Å². The van der Waals surface area contributed by atoms with Crippen LogP contribution in [0.15, 0.2) is 39.1 Å². The summed E-state index contributed by atoms with van der Waals surface area (Å²) in [4.78, 5) is 30.6. The highest BCUT2D eigenvalue weighted by Crippen LogP contribution is 2.34. The second-order valence-electron chi connectivity index (χ2n) is 6.42. The van der Waals surface area contributed by atoms with Gasteiger partial charge in [0.05, 0.1) is 22.0 Å². The molecule has 1 N–H and O–H groups in total. The van der Waals surface area contributed by atoms with Gasteiger partial charge in [-0.25, -0.2) is 4.98 Å². The zero-order chi connectivity index (χ0) is 18.7. The van der Waals surface area contributed by atoms with Gasteiger partial charge in [0.1, 0.15) is 0 Å². The summed E-state index contributed by atoms with van der Waals surface area (Å²) in [5, 5.41) is 3.80. The predicted octanol–water partition coefficient (Wildman–Crippen LogP) is 3.20. The summed E-state index contributed by atoms with van der Waals surface area (Å²) in [5.41, 5.74) is 2.73. The molecule has 1 aliphatic heterocycles. The first-order valence-electron chi connectivity index (χ1n) is 8.78. The number of nitrogens with zero attached hydrogens (tertiary/aromatic N) is 2. The lowest BCUT2D eigenvalue weighted by molar-refractivity contribution is -0.118. The fraction of sp³-hybridized carbons (Fsp3) is 0.421. The van der Waals surface area contributed by atoms with Crippen molar-refractivity contribution in [3.63, 3.8) is 0 Å². The van der Waals surface area contributed by atoms with Gasteiger partial charge < -0.3 is 5.32 Å². The minimum Gasteiger partial charge on any atom is -0.355 e. The third-order valence-electron chi connectivity index (χ3n) is 4.08. The Labute approximate surface area is 162 Å². The molecule has 26 heavy (non-hydrogen) atoms. The molecular weight excluding hydrogens is 366 g/mol. The molecule has 1 atom stereocenters. The lowest BCUT2D eigenvalue weighted by Gasteiger charge is -2.14. The van der Waals surface area contributed by atoms with Crippen LogP contribution in [0.4, 0.5) is 0 Å². The number of hydrogen-bond donors (Lipinski definition) is 1. The van der Waals surface area contributed by atoms with E-state index in [1.54, 1.807) is 16.3 Å². The molecule has 1 aliphatic rings. The number of amides is 1. The zero-order valence-corrected chi connectivity index (χ0v) is 16.9. The van der Waals surface area contributed by atoms with Crippen molar-refractivity contribution < 1.29 is 4.79 Å². The summed E-state index contributed by atoms with van der Waals surface area (Å²) in [7, 11) is 0.